The summed E-state index contributed by atoms with van der Waals surface area (Å²) in [5.74, 6) is 1.08. The van der Waals surface area contributed by atoms with Gasteiger partial charge in [0.05, 0.1) is 31.5 Å². The van der Waals surface area contributed by atoms with Gasteiger partial charge in [-0.1, -0.05) is 12.1 Å². The molecule has 1 N–H and O–H groups in total. The number of imidazole rings is 1. The first-order chi connectivity index (χ1) is 16.5. The molecule has 0 atom stereocenters. The molecule has 0 aliphatic heterocycles. The lowest BCUT2D eigenvalue weighted by Gasteiger charge is -2.14. The molecule has 0 unspecified atom stereocenters. The average molecular weight is 584 g/mol. The van der Waals surface area contributed by atoms with Gasteiger partial charge in [0.1, 0.15) is 12.7 Å². The van der Waals surface area contributed by atoms with Crippen molar-refractivity contribution in [3.8, 4) is 17.6 Å². The Kier molecular flexibility index (Phi) is 7.34. The van der Waals surface area contributed by atoms with Gasteiger partial charge in [-0.3, -0.25) is 10.1 Å². The molecule has 170 valence electrons. The molecule has 4 rings (SSSR count). The highest BCUT2D eigenvalue weighted by Crippen LogP contribution is 2.36. The third kappa shape index (κ3) is 5.49. The van der Waals surface area contributed by atoms with Crippen LogP contribution < -0.4 is 9.47 Å². The second-order valence-electron chi connectivity index (χ2n) is 7.03. The largest absolute Gasteiger partial charge is 0.493 e. The van der Waals surface area contributed by atoms with E-state index in [2.05, 4.69) is 38.6 Å². The summed E-state index contributed by atoms with van der Waals surface area (Å²) in [5.41, 5.74) is 3.35. The van der Waals surface area contributed by atoms with Crippen LogP contribution in [0.5, 0.6) is 11.5 Å². The monoisotopic (exact) mass is 584 g/mol. The van der Waals surface area contributed by atoms with Crippen LogP contribution >= 0.6 is 34.4 Å². The molecule has 0 saturated carbocycles. The molecule has 0 aliphatic rings. The summed E-state index contributed by atoms with van der Waals surface area (Å²) in [6.45, 7) is 0.227. The lowest BCUT2D eigenvalue weighted by Crippen LogP contribution is -2.00. The summed E-state index contributed by atoms with van der Waals surface area (Å²) in [5, 5.41) is 21.1. The second kappa shape index (κ2) is 10.6. The van der Waals surface area contributed by atoms with Crippen LogP contribution in [-0.4, -0.2) is 22.0 Å². The molecule has 4 aromatic rings. The predicted octanol–water partition coefficient (Wildman–Crippen LogP) is 6.32. The molecule has 1 heterocycles. The number of methoxy groups -OCH3 is 1. The van der Waals surface area contributed by atoms with Gasteiger partial charge in [0.25, 0.3) is 5.69 Å². The number of hydrogen-bond donors (Lipinski definition) is 1. The quantitative estimate of drug-likeness (QED) is 0.0848. The number of fused-ring (bicyclic) bond motifs is 1. The molecular formula is C24H17IN4O4S. The molecule has 34 heavy (non-hydrogen) atoms. The van der Waals surface area contributed by atoms with Crippen LogP contribution in [0.1, 0.15) is 11.1 Å². The molecule has 10 heteroatoms. The first kappa shape index (κ1) is 23.6. The van der Waals surface area contributed by atoms with E-state index in [1.807, 2.05) is 30.3 Å². The number of nitriles is 1. The highest BCUT2D eigenvalue weighted by atomic mass is 127. The van der Waals surface area contributed by atoms with Gasteiger partial charge in [-0.05, 0) is 88.0 Å². The molecule has 8 nitrogen and oxygen atoms in total. The summed E-state index contributed by atoms with van der Waals surface area (Å²) in [4.78, 5) is 18.6. The maximum Gasteiger partial charge on any atom is 0.269 e. The number of nitro benzene ring substituents is 1. The van der Waals surface area contributed by atoms with Crippen LogP contribution in [0.3, 0.4) is 0 Å². The van der Waals surface area contributed by atoms with Crippen LogP contribution in [0, 0.1) is 25.0 Å². The number of ether oxygens (including phenoxy) is 2. The van der Waals surface area contributed by atoms with Crippen LogP contribution in [0.4, 0.5) is 5.69 Å². The average Bonchev–Trinajstić information content (AvgIpc) is 3.25. The number of nitrogens with one attached hydrogen (secondary N) is 1. The van der Waals surface area contributed by atoms with E-state index in [9.17, 15) is 15.4 Å². The minimum absolute atomic E-state index is 0.0286. The summed E-state index contributed by atoms with van der Waals surface area (Å²) < 4.78 is 12.3. The molecule has 0 aliphatic carbocycles. The number of allylic oxidation sites excluding steroid dienone is 1. The van der Waals surface area contributed by atoms with E-state index in [4.69, 9.17) is 9.47 Å². The van der Waals surface area contributed by atoms with Gasteiger partial charge in [0.2, 0.25) is 0 Å². The van der Waals surface area contributed by atoms with Crippen molar-refractivity contribution in [2.24, 2.45) is 0 Å². The fourth-order valence-electron chi connectivity index (χ4n) is 3.15. The summed E-state index contributed by atoms with van der Waals surface area (Å²) in [6.07, 6.45) is 1.77. The molecule has 3 aromatic carbocycles. The van der Waals surface area contributed by atoms with E-state index in [1.165, 1.54) is 23.9 Å². The van der Waals surface area contributed by atoms with Crippen molar-refractivity contribution in [3.63, 3.8) is 0 Å². The highest BCUT2D eigenvalue weighted by Gasteiger charge is 2.13. The van der Waals surface area contributed by atoms with Gasteiger partial charge >= 0.3 is 0 Å². The zero-order valence-corrected chi connectivity index (χ0v) is 20.8. The van der Waals surface area contributed by atoms with Crippen molar-refractivity contribution in [3.05, 3.63) is 90.4 Å². The summed E-state index contributed by atoms with van der Waals surface area (Å²) in [7, 11) is 1.55. The molecule has 0 amide bonds. The maximum absolute atomic E-state index is 10.8. The van der Waals surface area contributed by atoms with Crippen molar-refractivity contribution >= 4 is 57.1 Å². The Labute approximate surface area is 212 Å². The number of nitro groups is 1. The first-order valence-electron chi connectivity index (χ1n) is 9.95. The van der Waals surface area contributed by atoms with Crippen LogP contribution in [0.25, 0.3) is 17.1 Å². The standard InChI is InChI=1S/C24H17IN4O4S/c1-32-22-12-16(10-18(13-26)34-24-27-20-4-2-3-5-21(20)28-24)11-19(25)23(22)33-14-15-6-8-17(9-7-15)29(30)31/h2-12H,14H2,1H3,(H,27,28)/b18-10+. The zero-order chi connectivity index (χ0) is 24.1. The van der Waals surface area contributed by atoms with Crippen molar-refractivity contribution in [1.82, 2.24) is 9.97 Å². The maximum atomic E-state index is 10.8. The Balaban J connectivity index is 1.53. The Hall–Kier alpha value is -3.56. The second-order valence-corrected chi connectivity index (χ2v) is 9.22. The fourth-order valence-corrected chi connectivity index (χ4v) is 4.69. The molecule has 0 spiro atoms. The van der Waals surface area contributed by atoms with Crippen molar-refractivity contribution in [1.29, 1.82) is 5.26 Å². The lowest BCUT2D eigenvalue weighted by atomic mass is 10.2. The topological polar surface area (TPSA) is 114 Å². The molecular weight excluding hydrogens is 567 g/mol. The van der Waals surface area contributed by atoms with Crippen LogP contribution in [0.15, 0.2) is 70.7 Å². The molecule has 0 fully saturated rings. The fraction of sp³-hybridized carbons (Fsp3) is 0.0833. The van der Waals surface area contributed by atoms with Gasteiger partial charge in [-0.2, -0.15) is 5.26 Å². The highest BCUT2D eigenvalue weighted by molar-refractivity contribution is 14.1. The number of nitrogens with zero attached hydrogens (tertiary/aromatic N) is 3. The zero-order valence-electron chi connectivity index (χ0n) is 17.8. The van der Waals surface area contributed by atoms with Gasteiger partial charge in [0.15, 0.2) is 16.7 Å². The summed E-state index contributed by atoms with van der Waals surface area (Å²) >= 11 is 3.41. The number of benzene rings is 3. The van der Waals surface area contributed by atoms with E-state index in [0.717, 1.165) is 25.7 Å². The van der Waals surface area contributed by atoms with Gasteiger partial charge in [-0.15, -0.1) is 0 Å². The smallest absolute Gasteiger partial charge is 0.269 e. The van der Waals surface area contributed by atoms with E-state index in [0.29, 0.717) is 21.6 Å². The Morgan fingerprint density at radius 1 is 1.26 bits per heavy atom. The van der Waals surface area contributed by atoms with Crippen molar-refractivity contribution < 1.29 is 14.4 Å². The first-order valence-corrected chi connectivity index (χ1v) is 11.8. The lowest BCUT2D eigenvalue weighted by molar-refractivity contribution is -0.384. The van der Waals surface area contributed by atoms with E-state index in [-0.39, 0.29) is 12.3 Å². The Morgan fingerprint density at radius 2 is 2.03 bits per heavy atom. The third-order valence-corrected chi connectivity index (χ3v) is 6.38. The molecule has 0 radical (unpaired) electrons. The minimum atomic E-state index is -0.440. The number of rotatable bonds is 8. The number of hydrogen-bond acceptors (Lipinski definition) is 7. The summed E-state index contributed by atoms with van der Waals surface area (Å²) in [6, 6.07) is 19.8. The molecule has 0 bridgehead atoms. The number of aromatic nitrogens is 2. The molecule has 1 aromatic heterocycles. The third-order valence-electron chi connectivity index (χ3n) is 4.76. The van der Waals surface area contributed by atoms with E-state index < -0.39 is 4.92 Å². The van der Waals surface area contributed by atoms with Crippen LogP contribution in [0.2, 0.25) is 0 Å². The predicted molar refractivity (Wildman–Crippen MR) is 139 cm³/mol. The van der Waals surface area contributed by atoms with E-state index in [1.54, 1.807) is 31.4 Å². The Bertz CT molecular complexity index is 1390. The van der Waals surface area contributed by atoms with E-state index >= 15 is 0 Å². The minimum Gasteiger partial charge on any atom is -0.493 e. The van der Waals surface area contributed by atoms with Crippen molar-refractivity contribution in [2.45, 2.75) is 11.8 Å². The Morgan fingerprint density at radius 3 is 2.71 bits per heavy atom. The van der Waals surface area contributed by atoms with Gasteiger partial charge in [0, 0.05) is 12.1 Å². The SMILES string of the molecule is COc1cc(/C=C(\C#N)Sc2nc3ccccc3[nH]2)cc(I)c1OCc1ccc([N+](=O)[O-])cc1. The normalized spacial score (nSPS) is 11.3. The number of para-hydroxylation sites is 2. The van der Waals surface area contributed by atoms with Crippen molar-refractivity contribution in [2.75, 3.05) is 7.11 Å². The molecule has 0 saturated heterocycles. The van der Waals surface area contributed by atoms with Gasteiger partial charge < -0.3 is 14.5 Å². The van der Waals surface area contributed by atoms with Gasteiger partial charge in [-0.25, -0.2) is 4.98 Å². The number of H-pyrrole nitrogens is 1. The number of non-ortho nitro benzene ring substituents is 1. The number of thioether (sulfide) groups is 1. The number of halogens is 1. The van der Waals surface area contributed by atoms with Crippen LogP contribution in [-0.2, 0) is 6.61 Å². The number of aromatic amines is 1.